The van der Waals surface area contributed by atoms with Crippen molar-refractivity contribution in [3.8, 4) is 0 Å². The molecule has 0 aliphatic carbocycles. The Morgan fingerprint density at radius 3 is 2.86 bits per heavy atom. The Bertz CT molecular complexity index is 453. The van der Waals surface area contributed by atoms with Crippen molar-refractivity contribution >= 4 is 17.7 Å². The summed E-state index contributed by atoms with van der Waals surface area (Å²) in [6.45, 7) is 7.58. The molecule has 1 heterocycles. The SMILES string of the molecule is CCCNc1ncc(C)c(NC(C)C(=O)NCCOC)n1. The predicted octanol–water partition coefficient (Wildman–Crippen LogP) is 1.17. The summed E-state index contributed by atoms with van der Waals surface area (Å²) < 4.78 is 4.90. The lowest BCUT2D eigenvalue weighted by Gasteiger charge is -2.16. The third kappa shape index (κ3) is 5.95. The van der Waals surface area contributed by atoms with Crippen molar-refractivity contribution in [2.24, 2.45) is 0 Å². The Morgan fingerprint density at radius 1 is 1.43 bits per heavy atom. The third-order valence-corrected chi connectivity index (χ3v) is 2.86. The van der Waals surface area contributed by atoms with Crippen LogP contribution in [0.4, 0.5) is 11.8 Å². The second kappa shape index (κ2) is 9.12. The van der Waals surface area contributed by atoms with Gasteiger partial charge in [-0.05, 0) is 20.3 Å². The molecule has 1 unspecified atom stereocenters. The summed E-state index contributed by atoms with van der Waals surface area (Å²) in [6.07, 6.45) is 2.74. The number of amides is 1. The summed E-state index contributed by atoms with van der Waals surface area (Å²) >= 11 is 0. The highest BCUT2D eigenvalue weighted by Gasteiger charge is 2.14. The molecule has 0 saturated heterocycles. The lowest BCUT2D eigenvalue weighted by molar-refractivity contribution is -0.121. The number of aryl methyl sites for hydroxylation is 1. The van der Waals surface area contributed by atoms with Gasteiger partial charge in [-0.15, -0.1) is 0 Å². The minimum Gasteiger partial charge on any atom is -0.383 e. The second-order valence-corrected chi connectivity index (χ2v) is 4.80. The van der Waals surface area contributed by atoms with Crippen LogP contribution in [-0.2, 0) is 9.53 Å². The molecule has 0 radical (unpaired) electrons. The van der Waals surface area contributed by atoms with Crippen molar-refractivity contribution in [3.63, 3.8) is 0 Å². The second-order valence-electron chi connectivity index (χ2n) is 4.80. The van der Waals surface area contributed by atoms with E-state index in [4.69, 9.17) is 4.74 Å². The molecule has 7 heteroatoms. The Morgan fingerprint density at radius 2 is 2.19 bits per heavy atom. The Balaban J connectivity index is 2.61. The molecule has 1 aromatic rings. The van der Waals surface area contributed by atoms with Crippen molar-refractivity contribution in [2.75, 3.05) is 37.4 Å². The number of rotatable bonds is 9. The maximum atomic E-state index is 11.9. The van der Waals surface area contributed by atoms with Crippen molar-refractivity contribution in [1.29, 1.82) is 0 Å². The van der Waals surface area contributed by atoms with Crippen LogP contribution in [0.5, 0.6) is 0 Å². The van der Waals surface area contributed by atoms with Gasteiger partial charge in [-0.2, -0.15) is 4.98 Å². The summed E-state index contributed by atoms with van der Waals surface area (Å²) in [5.41, 5.74) is 0.897. The molecule has 0 aromatic carbocycles. The minimum absolute atomic E-state index is 0.0897. The lowest BCUT2D eigenvalue weighted by Crippen LogP contribution is -2.39. The van der Waals surface area contributed by atoms with E-state index >= 15 is 0 Å². The van der Waals surface area contributed by atoms with Crippen LogP contribution in [0.2, 0.25) is 0 Å². The maximum absolute atomic E-state index is 11.9. The molecule has 1 aromatic heterocycles. The molecule has 7 nitrogen and oxygen atoms in total. The molecular weight excluding hydrogens is 270 g/mol. The molecular formula is C14H25N5O2. The van der Waals surface area contributed by atoms with E-state index in [1.807, 2.05) is 6.92 Å². The van der Waals surface area contributed by atoms with Gasteiger partial charge >= 0.3 is 0 Å². The van der Waals surface area contributed by atoms with Gasteiger partial charge in [0.2, 0.25) is 11.9 Å². The van der Waals surface area contributed by atoms with Crippen LogP contribution >= 0.6 is 0 Å². The van der Waals surface area contributed by atoms with E-state index in [1.54, 1.807) is 20.2 Å². The van der Waals surface area contributed by atoms with Gasteiger partial charge in [-0.1, -0.05) is 6.92 Å². The first-order chi connectivity index (χ1) is 10.1. The summed E-state index contributed by atoms with van der Waals surface area (Å²) in [4.78, 5) is 20.5. The number of methoxy groups -OCH3 is 1. The summed E-state index contributed by atoms with van der Waals surface area (Å²) in [5.74, 6) is 1.14. The molecule has 3 N–H and O–H groups in total. The predicted molar refractivity (Wildman–Crippen MR) is 83.5 cm³/mol. The number of hydrogen-bond donors (Lipinski definition) is 3. The largest absolute Gasteiger partial charge is 0.383 e. The highest BCUT2D eigenvalue weighted by atomic mass is 16.5. The molecule has 0 saturated carbocycles. The van der Waals surface area contributed by atoms with Gasteiger partial charge < -0.3 is 20.7 Å². The topological polar surface area (TPSA) is 88.2 Å². The minimum atomic E-state index is -0.380. The molecule has 1 amide bonds. The number of ether oxygens (including phenoxy) is 1. The van der Waals surface area contributed by atoms with Crippen LogP contribution in [-0.4, -0.2) is 48.7 Å². The fourth-order valence-electron chi connectivity index (χ4n) is 1.61. The van der Waals surface area contributed by atoms with E-state index in [-0.39, 0.29) is 11.9 Å². The summed E-state index contributed by atoms with van der Waals surface area (Å²) in [7, 11) is 1.60. The van der Waals surface area contributed by atoms with E-state index in [0.717, 1.165) is 18.5 Å². The zero-order chi connectivity index (χ0) is 15.7. The first kappa shape index (κ1) is 17.2. The first-order valence-corrected chi connectivity index (χ1v) is 7.19. The van der Waals surface area contributed by atoms with Crippen molar-refractivity contribution < 1.29 is 9.53 Å². The summed E-state index contributed by atoms with van der Waals surface area (Å²) in [6, 6.07) is -0.380. The van der Waals surface area contributed by atoms with Crippen molar-refractivity contribution in [2.45, 2.75) is 33.2 Å². The monoisotopic (exact) mass is 295 g/mol. The standard InChI is InChI=1S/C14H25N5O2/c1-5-6-16-14-17-9-10(2)12(19-14)18-11(3)13(20)15-7-8-21-4/h9,11H,5-8H2,1-4H3,(H,15,20)(H2,16,17,18,19). The van der Waals surface area contributed by atoms with Crippen LogP contribution in [0.3, 0.4) is 0 Å². The van der Waals surface area contributed by atoms with Crippen molar-refractivity contribution in [3.05, 3.63) is 11.8 Å². The van der Waals surface area contributed by atoms with E-state index in [0.29, 0.717) is 24.9 Å². The first-order valence-electron chi connectivity index (χ1n) is 7.19. The molecule has 21 heavy (non-hydrogen) atoms. The summed E-state index contributed by atoms with van der Waals surface area (Å²) in [5, 5.41) is 9.02. The Labute approximate surface area is 125 Å². The zero-order valence-electron chi connectivity index (χ0n) is 13.2. The highest BCUT2D eigenvalue weighted by molar-refractivity contribution is 5.84. The van der Waals surface area contributed by atoms with Gasteiger partial charge in [0, 0.05) is 32.0 Å². The average molecular weight is 295 g/mol. The molecule has 0 bridgehead atoms. The van der Waals surface area contributed by atoms with Gasteiger partial charge in [0.25, 0.3) is 0 Å². The smallest absolute Gasteiger partial charge is 0.242 e. The van der Waals surface area contributed by atoms with Gasteiger partial charge in [0.1, 0.15) is 11.9 Å². The number of carbonyl (C=O) groups excluding carboxylic acids is 1. The number of carbonyl (C=O) groups is 1. The normalized spacial score (nSPS) is 11.8. The molecule has 1 atom stereocenters. The maximum Gasteiger partial charge on any atom is 0.242 e. The Hall–Kier alpha value is -1.89. The van der Waals surface area contributed by atoms with Crippen LogP contribution in [0, 0.1) is 6.92 Å². The van der Waals surface area contributed by atoms with E-state index in [9.17, 15) is 4.79 Å². The quantitative estimate of drug-likeness (QED) is 0.593. The fraction of sp³-hybridized carbons (Fsp3) is 0.643. The van der Waals surface area contributed by atoms with Crippen LogP contribution in [0.15, 0.2) is 6.20 Å². The fourth-order valence-corrected chi connectivity index (χ4v) is 1.61. The highest BCUT2D eigenvalue weighted by Crippen LogP contribution is 2.13. The number of aromatic nitrogens is 2. The molecule has 0 spiro atoms. The van der Waals surface area contributed by atoms with Gasteiger partial charge in [0.15, 0.2) is 0 Å². The third-order valence-electron chi connectivity index (χ3n) is 2.86. The zero-order valence-corrected chi connectivity index (χ0v) is 13.2. The number of anilines is 2. The molecule has 118 valence electrons. The van der Waals surface area contributed by atoms with E-state index in [1.165, 1.54) is 0 Å². The Kier molecular flexibility index (Phi) is 7.45. The van der Waals surface area contributed by atoms with Crippen LogP contribution in [0.25, 0.3) is 0 Å². The number of nitrogens with one attached hydrogen (secondary N) is 3. The average Bonchev–Trinajstić information content (AvgIpc) is 2.48. The molecule has 0 aliphatic rings. The molecule has 1 rings (SSSR count). The van der Waals surface area contributed by atoms with Gasteiger partial charge in [-0.3, -0.25) is 4.79 Å². The number of hydrogen-bond acceptors (Lipinski definition) is 6. The van der Waals surface area contributed by atoms with Crippen LogP contribution in [0.1, 0.15) is 25.8 Å². The van der Waals surface area contributed by atoms with Gasteiger partial charge in [0.05, 0.1) is 6.61 Å². The van der Waals surface area contributed by atoms with E-state index in [2.05, 4.69) is 32.8 Å². The van der Waals surface area contributed by atoms with Gasteiger partial charge in [-0.25, -0.2) is 4.98 Å². The molecule has 0 fully saturated rings. The van der Waals surface area contributed by atoms with Crippen LogP contribution < -0.4 is 16.0 Å². The molecule has 0 aliphatic heterocycles. The van der Waals surface area contributed by atoms with Crippen molar-refractivity contribution in [1.82, 2.24) is 15.3 Å². The number of nitrogens with zero attached hydrogens (tertiary/aromatic N) is 2. The lowest BCUT2D eigenvalue weighted by atomic mass is 10.2. The van der Waals surface area contributed by atoms with E-state index < -0.39 is 0 Å².